The number of hydrazone groups is 1. The van der Waals surface area contributed by atoms with Gasteiger partial charge in [0, 0.05) is 24.2 Å². The molecule has 0 atom stereocenters. The van der Waals surface area contributed by atoms with E-state index in [1.165, 1.54) is 0 Å². The number of rotatable bonds is 8. The largest absolute Gasteiger partial charge is 0.497 e. The second-order valence-electron chi connectivity index (χ2n) is 6.47. The number of para-hydroxylation sites is 2. The maximum Gasteiger partial charge on any atom is 0.240 e. The molecule has 0 aliphatic heterocycles. The third-order valence-corrected chi connectivity index (χ3v) is 4.36. The lowest BCUT2D eigenvalue weighted by molar-refractivity contribution is -0.124. The van der Waals surface area contributed by atoms with Crippen molar-refractivity contribution in [1.29, 1.82) is 0 Å². The van der Waals surface area contributed by atoms with E-state index in [0.717, 1.165) is 22.7 Å². The van der Waals surface area contributed by atoms with Crippen molar-refractivity contribution in [1.82, 2.24) is 5.43 Å². The molecule has 0 fully saturated rings. The first kappa shape index (κ1) is 20.8. The maximum atomic E-state index is 12.9. The molecule has 0 aromatic heterocycles. The Morgan fingerprint density at radius 3 is 1.97 bits per heavy atom. The van der Waals surface area contributed by atoms with Crippen molar-refractivity contribution in [2.75, 3.05) is 12.0 Å². The molecule has 0 spiro atoms. The Bertz CT molecular complexity index is 948. The van der Waals surface area contributed by atoms with E-state index in [4.69, 9.17) is 4.74 Å². The summed E-state index contributed by atoms with van der Waals surface area (Å²) in [6.07, 6.45) is 1.64. The van der Waals surface area contributed by atoms with E-state index in [2.05, 4.69) is 10.5 Å². The van der Waals surface area contributed by atoms with Gasteiger partial charge in [0.2, 0.25) is 11.8 Å². The fourth-order valence-corrected chi connectivity index (χ4v) is 2.85. The highest BCUT2D eigenvalue weighted by molar-refractivity contribution is 6.01. The lowest BCUT2D eigenvalue weighted by Gasteiger charge is -2.23. The number of carbonyl (C=O) groups excluding carboxylic acids is 2. The number of nitrogens with zero attached hydrogens (tertiary/aromatic N) is 2. The van der Waals surface area contributed by atoms with E-state index in [-0.39, 0.29) is 24.7 Å². The van der Waals surface area contributed by atoms with Crippen molar-refractivity contribution in [3.63, 3.8) is 0 Å². The lowest BCUT2D eigenvalue weighted by atomic mass is 10.2. The molecule has 152 valence electrons. The zero-order valence-electron chi connectivity index (χ0n) is 16.7. The van der Waals surface area contributed by atoms with E-state index in [1.807, 2.05) is 84.9 Å². The van der Waals surface area contributed by atoms with Gasteiger partial charge in [-0.1, -0.05) is 36.4 Å². The molecule has 3 aromatic rings. The van der Waals surface area contributed by atoms with Gasteiger partial charge in [0.1, 0.15) is 5.75 Å². The Balaban J connectivity index is 1.58. The molecule has 0 saturated heterocycles. The zero-order chi connectivity index (χ0) is 21.2. The van der Waals surface area contributed by atoms with Gasteiger partial charge in [-0.05, 0) is 54.1 Å². The summed E-state index contributed by atoms with van der Waals surface area (Å²) in [7, 11) is 1.60. The topological polar surface area (TPSA) is 71.0 Å². The number of amides is 2. The lowest BCUT2D eigenvalue weighted by Crippen LogP contribution is -2.27. The van der Waals surface area contributed by atoms with Crippen LogP contribution in [0, 0.1) is 0 Å². The van der Waals surface area contributed by atoms with Crippen molar-refractivity contribution < 1.29 is 14.3 Å². The molecule has 0 aliphatic rings. The summed E-state index contributed by atoms with van der Waals surface area (Å²) in [6.45, 7) is 0. The minimum Gasteiger partial charge on any atom is -0.497 e. The molecule has 6 heteroatoms. The molecule has 3 aromatic carbocycles. The first-order chi connectivity index (χ1) is 14.7. The summed E-state index contributed by atoms with van der Waals surface area (Å²) in [5, 5.41) is 3.95. The van der Waals surface area contributed by atoms with Crippen LogP contribution in [0.25, 0.3) is 0 Å². The molecule has 0 saturated carbocycles. The molecule has 1 N–H and O–H groups in total. The Morgan fingerprint density at radius 1 is 0.867 bits per heavy atom. The van der Waals surface area contributed by atoms with E-state index >= 15 is 0 Å². The number of nitrogens with one attached hydrogen (secondary N) is 1. The molecule has 0 bridgehead atoms. The molecule has 0 aliphatic carbocycles. The Morgan fingerprint density at radius 2 is 1.43 bits per heavy atom. The third kappa shape index (κ3) is 5.78. The summed E-state index contributed by atoms with van der Waals surface area (Å²) >= 11 is 0. The van der Waals surface area contributed by atoms with Gasteiger partial charge in [0.15, 0.2) is 0 Å². The quantitative estimate of drug-likeness (QED) is 0.452. The van der Waals surface area contributed by atoms with Crippen molar-refractivity contribution in [2.45, 2.75) is 12.8 Å². The highest BCUT2D eigenvalue weighted by Crippen LogP contribution is 2.26. The van der Waals surface area contributed by atoms with Crippen LogP contribution in [0.4, 0.5) is 11.4 Å². The van der Waals surface area contributed by atoms with E-state index in [9.17, 15) is 9.59 Å². The number of carbonyl (C=O) groups is 2. The number of ether oxygens (including phenoxy) is 1. The third-order valence-electron chi connectivity index (χ3n) is 4.36. The van der Waals surface area contributed by atoms with Crippen molar-refractivity contribution >= 4 is 29.4 Å². The van der Waals surface area contributed by atoms with Crippen LogP contribution >= 0.6 is 0 Å². The van der Waals surface area contributed by atoms with Crippen LogP contribution in [0.5, 0.6) is 5.75 Å². The first-order valence-corrected chi connectivity index (χ1v) is 9.56. The molecule has 0 heterocycles. The van der Waals surface area contributed by atoms with Gasteiger partial charge in [-0.15, -0.1) is 0 Å². The molecule has 0 radical (unpaired) electrons. The van der Waals surface area contributed by atoms with Gasteiger partial charge in [-0.25, -0.2) is 5.43 Å². The maximum absolute atomic E-state index is 12.9. The molecule has 3 rings (SSSR count). The number of benzene rings is 3. The highest BCUT2D eigenvalue weighted by Gasteiger charge is 2.18. The second-order valence-corrected chi connectivity index (χ2v) is 6.47. The summed E-state index contributed by atoms with van der Waals surface area (Å²) < 4.78 is 5.10. The fourth-order valence-electron chi connectivity index (χ4n) is 2.85. The monoisotopic (exact) mass is 401 g/mol. The van der Waals surface area contributed by atoms with Crippen molar-refractivity contribution in [3.8, 4) is 5.75 Å². The van der Waals surface area contributed by atoms with Gasteiger partial charge >= 0.3 is 0 Å². The van der Waals surface area contributed by atoms with E-state index in [1.54, 1.807) is 18.2 Å². The first-order valence-electron chi connectivity index (χ1n) is 9.56. The van der Waals surface area contributed by atoms with Gasteiger partial charge in [0.25, 0.3) is 0 Å². The zero-order valence-corrected chi connectivity index (χ0v) is 16.7. The molecule has 2 amide bonds. The SMILES string of the molecule is COc1ccc(/C=N\NC(=O)CCC(=O)N(c2ccccc2)c2ccccc2)cc1. The minimum atomic E-state index is -0.325. The van der Waals surface area contributed by atoms with E-state index in [0.29, 0.717) is 0 Å². The van der Waals surface area contributed by atoms with Gasteiger partial charge in [-0.3, -0.25) is 14.5 Å². The predicted molar refractivity (Wildman–Crippen MR) is 118 cm³/mol. The Labute approximate surface area is 175 Å². The number of hydrogen-bond donors (Lipinski definition) is 1. The van der Waals surface area contributed by atoms with Crippen LogP contribution in [0.3, 0.4) is 0 Å². The van der Waals surface area contributed by atoms with Crippen LogP contribution in [0.2, 0.25) is 0 Å². The van der Waals surface area contributed by atoms with Gasteiger partial charge < -0.3 is 4.74 Å². The molecular weight excluding hydrogens is 378 g/mol. The molecule has 6 nitrogen and oxygen atoms in total. The normalized spacial score (nSPS) is 10.6. The standard InChI is InChI=1S/C24H23N3O3/c1-30-22-14-12-19(13-15-22)18-25-26-23(28)16-17-24(29)27(20-8-4-2-5-9-20)21-10-6-3-7-11-21/h2-15,18H,16-17H2,1H3,(H,26,28)/b25-18-. The number of hydrogen-bond acceptors (Lipinski definition) is 4. The van der Waals surface area contributed by atoms with Crippen LogP contribution in [-0.4, -0.2) is 25.1 Å². The molecule has 30 heavy (non-hydrogen) atoms. The van der Waals surface area contributed by atoms with Gasteiger partial charge in [0.05, 0.1) is 13.3 Å². The number of methoxy groups -OCH3 is 1. The summed E-state index contributed by atoms with van der Waals surface area (Å²) in [5.41, 5.74) is 4.80. The van der Waals surface area contributed by atoms with Crippen molar-refractivity contribution in [3.05, 3.63) is 90.5 Å². The van der Waals surface area contributed by atoms with Crippen LogP contribution in [-0.2, 0) is 9.59 Å². The minimum absolute atomic E-state index is 0.0367. The van der Waals surface area contributed by atoms with Crippen molar-refractivity contribution in [2.24, 2.45) is 5.10 Å². The number of anilines is 2. The van der Waals surface area contributed by atoms with Crippen LogP contribution in [0.15, 0.2) is 90.0 Å². The summed E-state index contributed by atoms with van der Waals surface area (Å²) in [6, 6.07) is 26.0. The second kappa shape index (κ2) is 10.6. The smallest absolute Gasteiger partial charge is 0.240 e. The fraction of sp³-hybridized carbons (Fsp3) is 0.125. The van der Waals surface area contributed by atoms with E-state index < -0.39 is 0 Å². The Kier molecular flexibility index (Phi) is 7.33. The molecule has 0 unspecified atom stereocenters. The molecular formula is C24H23N3O3. The average molecular weight is 401 g/mol. The van der Waals surface area contributed by atoms with Crippen LogP contribution < -0.4 is 15.1 Å². The highest BCUT2D eigenvalue weighted by atomic mass is 16.5. The summed E-state index contributed by atoms with van der Waals surface area (Å²) in [4.78, 5) is 26.6. The van der Waals surface area contributed by atoms with Crippen LogP contribution in [0.1, 0.15) is 18.4 Å². The summed E-state index contributed by atoms with van der Waals surface area (Å²) in [5.74, 6) is 0.256. The average Bonchev–Trinajstić information content (AvgIpc) is 2.80. The Hall–Kier alpha value is -3.93. The van der Waals surface area contributed by atoms with Gasteiger partial charge in [-0.2, -0.15) is 5.10 Å². The predicted octanol–water partition coefficient (Wildman–Crippen LogP) is 4.29.